The van der Waals surface area contributed by atoms with E-state index in [1.165, 1.54) is 21.0 Å². The molecule has 2 rings (SSSR count). The average Bonchev–Trinajstić information content (AvgIpc) is 2.77. The maximum Gasteiger partial charge on any atom is 0.123 e. The maximum absolute atomic E-state index is 5.54. The highest BCUT2D eigenvalue weighted by molar-refractivity contribution is 7.11. The third kappa shape index (κ3) is 3.83. The van der Waals surface area contributed by atoms with Gasteiger partial charge in [-0.25, -0.2) is 4.98 Å². The molecule has 1 atom stereocenters. The van der Waals surface area contributed by atoms with Crippen LogP contribution in [0.3, 0.4) is 0 Å². The number of aromatic nitrogens is 1. The number of hydrogen-bond donors (Lipinski definition) is 1. The first kappa shape index (κ1) is 16.0. The minimum Gasteiger partial charge on any atom is -0.496 e. The number of aryl methyl sites for hydroxylation is 3. The molecule has 114 valence electrons. The smallest absolute Gasteiger partial charge is 0.123 e. The standard InChI is InChI=1S/C17H24N2OS/c1-6-18-15(10-17-19-12(3)13(4)21-17)14-9-11(2)7-8-16(14)20-5/h7-9,15,18H,6,10H2,1-5H3. The molecule has 1 aromatic heterocycles. The SMILES string of the molecule is CCNC(Cc1nc(C)c(C)s1)c1cc(C)ccc1OC. The Morgan fingerprint density at radius 2 is 2.05 bits per heavy atom. The molecule has 0 amide bonds. The Bertz CT molecular complexity index is 587. The Morgan fingerprint density at radius 3 is 2.62 bits per heavy atom. The summed E-state index contributed by atoms with van der Waals surface area (Å²) >= 11 is 1.79. The number of thiazole rings is 1. The average molecular weight is 304 g/mol. The molecule has 0 fully saturated rings. The predicted molar refractivity (Wildman–Crippen MR) is 89.4 cm³/mol. The van der Waals surface area contributed by atoms with Gasteiger partial charge in [0.2, 0.25) is 0 Å². The van der Waals surface area contributed by atoms with Crippen molar-refractivity contribution in [2.24, 2.45) is 0 Å². The summed E-state index contributed by atoms with van der Waals surface area (Å²) in [5.74, 6) is 0.941. The molecule has 0 radical (unpaired) electrons. The van der Waals surface area contributed by atoms with Crippen molar-refractivity contribution in [3.63, 3.8) is 0 Å². The second-order valence-corrected chi connectivity index (χ2v) is 6.60. The summed E-state index contributed by atoms with van der Waals surface area (Å²) in [6, 6.07) is 6.57. The third-order valence-electron chi connectivity index (χ3n) is 3.66. The Balaban J connectivity index is 2.32. The molecule has 1 heterocycles. The molecule has 4 heteroatoms. The van der Waals surface area contributed by atoms with E-state index in [1.54, 1.807) is 18.4 Å². The molecule has 0 saturated carbocycles. The Hall–Kier alpha value is -1.39. The molecule has 3 nitrogen and oxygen atoms in total. The molecule has 1 N–H and O–H groups in total. The molecule has 21 heavy (non-hydrogen) atoms. The monoisotopic (exact) mass is 304 g/mol. The molecule has 0 bridgehead atoms. The highest BCUT2D eigenvalue weighted by atomic mass is 32.1. The Morgan fingerprint density at radius 1 is 1.29 bits per heavy atom. The van der Waals surface area contributed by atoms with Crippen molar-refractivity contribution >= 4 is 11.3 Å². The molecule has 1 aromatic carbocycles. The van der Waals surface area contributed by atoms with E-state index in [1.807, 2.05) is 6.07 Å². The summed E-state index contributed by atoms with van der Waals surface area (Å²) in [5.41, 5.74) is 3.60. The second kappa shape index (κ2) is 7.05. The number of nitrogens with zero attached hydrogens (tertiary/aromatic N) is 1. The van der Waals surface area contributed by atoms with Crippen LogP contribution in [-0.2, 0) is 6.42 Å². The Labute approximate surface area is 131 Å². The highest BCUT2D eigenvalue weighted by Gasteiger charge is 2.18. The van der Waals surface area contributed by atoms with Crippen LogP contribution in [0, 0.1) is 20.8 Å². The van der Waals surface area contributed by atoms with Gasteiger partial charge >= 0.3 is 0 Å². The van der Waals surface area contributed by atoms with Crippen molar-refractivity contribution in [2.75, 3.05) is 13.7 Å². The summed E-state index contributed by atoms with van der Waals surface area (Å²) in [4.78, 5) is 5.98. The molecular weight excluding hydrogens is 280 g/mol. The third-order valence-corrected chi connectivity index (χ3v) is 4.76. The minimum atomic E-state index is 0.231. The minimum absolute atomic E-state index is 0.231. The van der Waals surface area contributed by atoms with Crippen molar-refractivity contribution in [3.05, 3.63) is 44.9 Å². The van der Waals surface area contributed by atoms with Crippen LogP contribution in [0.2, 0.25) is 0 Å². The normalized spacial score (nSPS) is 12.4. The first-order valence-corrected chi connectivity index (χ1v) is 8.17. The lowest BCUT2D eigenvalue weighted by Crippen LogP contribution is -2.23. The largest absolute Gasteiger partial charge is 0.496 e. The van der Waals surface area contributed by atoms with Gasteiger partial charge in [-0.3, -0.25) is 0 Å². The van der Waals surface area contributed by atoms with Crippen LogP contribution in [0.25, 0.3) is 0 Å². The van der Waals surface area contributed by atoms with Crippen molar-refractivity contribution in [1.82, 2.24) is 10.3 Å². The molecule has 0 aliphatic heterocycles. The number of methoxy groups -OCH3 is 1. The summed E-state index contributed by atoms with van der Waals surface area (Å²) < 4.78 is 5.54. The first-order chi connectivity index (χ1) is 10.0. The van der Waals surface area contributed by atoms with Gasteiger partial charge in [-0.1, -0.05) is 24.6 Å². The lowest BCUT2D eigenvalue weighted by Gasteiger charge is -2.20. The number of ether oxygens (including phenoxy) is 1. The van der Waals surface area contributed by atoms with E-state index < -0.39 is 0 Å². The van der Waals surface area contributed by atoms with Crippen molar-refractivity contribution < 1.29 is 4.74 Å². The molecule has 0 saturated heterocycles. The van der Waals surface area contributed by atoms with Crippen LogP contribution in [0.5, 0.6) is 5.75 Å². The lowest BCUT2D eigenvalue weighted by atomic mass is 10.0. The number of likely N-dealkylation sites (N-methyl/N-ethyl adjacent to an activating group) is 1. The van der Waals surface area contributed by atoms with Gasteiger partial charge in [0.15, 0.2) is 0 Å². The van der Waals surface area contributed by atoms with Crippen molar-refractivity contribution in [3.8, 4) is 5.75 Å². The van der Waals surface area contributed by atoms with Gasteiger partial charge in [0.05, 0.1) is 17.8 Å². The molecule has 1 unspecified atom stereocenters. The van der Waals surface area contributed by atoms with Crippen molar-refractivity contribution in [2.45, 2.75) is 40.2 Å². The summed E-state index contributed by atoms with van der Waals surface area (Å²) in [5, 5.41) is 4.74. The van der Waals surface area contributed by atoms with Gasteiger partial charge in [0.1, 0.15) is 5.75 Å². The van der Waals surface area contributed by atoms with E-state index in [9.17, 15) is 0 Å². The maximum atomic E-state index is 5.54. The number of nitrogens with one attached hydrogen (secondary N) is 1. The zero-order valence-corrected chi connectivity index (χ0v) is 14.3. The predicted octanol–water partition coefficient (Wildman–Crippen LogP) is 3.97. The number of hydrogen-bond acceptors (Lipinski definition) is 4. The van der Waals surface area contributed by atoms with Gasteiger partial charge in [0.25, 0.3) is 0 Å². The summed E-state index contributed by atoms with van der Waals surface area (Å²) in [6.07, 6.45) is 0.896. The van der Waals surface area contributed by atoms with Gasteiger partial charge in [-0.15, -0.1) is 11.3 Å². The van der Waals surface area contributed by atoms with E-state index >= 15 is 0 Å². The molecule has 0 spiro atoms. The number of rotatable bonds is 6. The van der Waals surface area contributed by atoms with Crippen LogP contribution in [0.15, 0.2) is 18.2 Å². The van der Waals surface area contributed by atoms with Gasteiger partial charge < -0.3 is 10.1 Å². The quantitative estimate of drug-likeness (QED) is 0.877. The Kier molecular flexibility index (Phi) is 5.37. The molecule has 2 aromatic rings. The van der Waals surface area contributed by atoms with Crippen LogP contribution >= 0.6 is 11.3 Å². The van der Waals surface area contributed by atoms with E-state index in [0.29, 0.717) is 0 Å². The highest BCUT2D eigenvalue weighted by Crippen LogP contribution is 2.30. The lowest BCUT2D eigenvalue weighted by molar-refractivity contribution is 0.399. The summed E-state index contributed by atoms with van der Waals surface area (Å²) in [7, 11) is 1.73. The fraction of sp³-hybridized carbons (Fsp3) is 0.471. The van der Waals surface area contributed by atoms with Crippen LogP contribution in [0.1, 0.15) is 39.7 Å². The van der Waals surface area contributed by atoms with Crippen LogP contribution < -0.4 is 10.1 Å². The van der Waals surface area contributed by atoms with E-state index in [2.05, 4.69) is 50.1 Å². The zero-order valence-electron chi connectivity index (χ0n) is 13.5. The molecule has 0 aliphatic carbocycles. The molecule has 0 aliphatic rings. The van der Waals surface area contributed by atoms with E-state index in [-0.39, 0.29) is 6.04 Å². The van der Waals surface area contributed by atoms with Crippen LogP contribution in [-0.4, -0.2) is 18.6 Å². The summed E-state index contributed by atoms with van der Waals surface area (Å²) in [6.45, 7) is 9.37. The van der Waals surface area contributed by atoms with Gasteiger partial charge in [-0.2, -0.15) is 0 Å². The molecular formula is C17H24N2OS. The number of benzene rings is 1. The van der Waals surface area contributed by atoms with E-state index in [4.69, 9.17) is 4.74 Å². The van der Waals surface area contributed by atoms with E-state index in [0.717, 1.165) is 24.4 Å². The first-order valence-electron chi connectivity index (χ1n) is 7.36. The fourth-order valence-corrected chi connectivity index (χ4v) is 3.45. The zero-order chi connectivity index (χ0) is 15.4. The second-order valence-electron chi connectivity index (χ2n) is 5.31. The topological polar surface area (TPSA) is 34.2 Å². The van der Waals surface area contributed by atoms with Crippen LogP contribution in [0.4, 0.5) is 0 Å². The van der Waals surface area contributed by atoms with Gasteiger partial charge in [0, 0.05) is 22.9 Å². The van der Waals surface area contributed by atoms with Crippen molar-refractivity contribution in [1.29, 1.82) is 0 Å². The fourth-order valence-electron chi connectivity index (χ4n) is 2.47. The van der Waals surface area contributed by atoms with Gasteiger partial charge in [-0.05, 0) is 33.4 Å².